The molecule has 2 amide bonds. The summed E-state index contributed by atoms with van der Waals surface area (Å²) in [5, 5.41) is 11.4. The van der Waals surface area contributed by atoms with Gasteiger partial charge in [-0.15, -0.1) is 0 Å². The van der Waals surface area contributed by atoms with Gasteiger partial charge in [0.2, 0.25) is 11.8 Å². The van der Waals surface area contributed by atoms with E-state index in [1.54, 1.807) is 0 Å². The molecule has 1 unspecified atom stereocenters. The van der Waals surface area contributed by atoms with Crippen LogP contribution < -0.4 is 5.32 Å². The maximum Gasteiger partial charge on any atom is 0.246 e. The SMILES string of the molecule is CCCN(CCO)C(=O)C(CS)NC(C)=O. The average molecular weight is 248 g/mol. The summed E-state index contributed by atoms with van der Waals surface area (Å²) in [5.74, 6) is -0.196. The standard InChI is InChI=1S/C10H20N2O3S/c1-3-4-12(5-6-13)10(15)9(7-16)11-8(2)14/h9,13,16H,3-7H2,1-2H3,(H,11,14). The van der Waals surface area contributed by atoms with Gasteiger partial charge in [0.05, 0.1) is 6.61 Å². The predicted octanol–water partition coefficient (Wildman–Crippen LogP) is -0.348. The number of carbonyl (C=O) groups is 2. The lowest BCUT2D eigenvalue weighted by Crippen LogP contribution is -2.50. The molecule has 0 aromatic carbocycles. The Morgan fingerprint density at radius 2 is 2.06 bits per heavy atom. The summed E-state index contributed by atoms with van der Waals surface area (Å²) in [4.78, 5) is 24.4. The van der Waals surface area contributed by atoms with E-state index >= 15 is 0 Å². The van der Waals surface area contributed by atoms with Gasteiger partial charge in [0.15, 0.2) is 0 Å². The van der Waals surface area contributed by atoms with Crippen molar-refractivity contribution in [3.05, 3.63) is 0 Å². The van der Waals surface area contributed by atoms with Crippen molar-refractivity contribution in [3.63, 3.8) is 0 Å². The van der Waals surface area contributed by atoms with Crippen molar-refractivity contribution in [2.75, 3.05) is 25.4 Å². The number of rotatable bonds is 7. The Kier molecular flexibility index (Phi) is 8.01. The molecule has 0 aromatic heterocycles. The summed E-state index contributed by atoms with van der Waals surface area (Å²) in [5.41, 5.74) is 0. The number of nitrogens with zero attached hydrogens (tertiary/aromatic N) is 1. The van der Waals surface area contributed by atoms with E-state index in [0.717, 1.165) is 6.42 Å². The maximum atomic E-state index is 11.9. The lowest BCUT2D eigenvalue weighted by atomic mass is 10.2. The average Bonchev–Trinajstić information content (AvgIpc) is 2.24. The molecule has 0 spiro atoms. The monoisotopic (exact) mass is 248 g/mol. The summed E-state index contributed by atoms with van der Waals surface area (Å²) >= 11 is 4.04. The molecule has 0 bridgehead atoms. The predicted molar refractivity (Wildman–Crippen MR) is 65.4 cm³/mol. The molecule has 0 aliphatic rings. The van der Waals surface area contributed by atoms with E-state index in [2.05, 4.69) is 17.9 Å². The van der Waals surface area contributed by atoms with E-state index in [-0.39, 0.29) is 30.7 Å². The number of amides is 2. The van der Waals surface area contributed by atoms with E-state index in [9.17, 15) is 9.59 Å². The fourth-order valence-electron chi connectivity index (χ4n) is 1.37. The number of carbonyl (C=O) groups excluding carboxylic acids is 2. The highest BCUT2D eigenvalue weighted by Gasteiger charge is 2.22. The zero-order chi connectivity index (χ0) is 12.6. The van der Waals surface area contributed by atoms with Crippen LogP contribution in [0.4, 0.5) is 0 Å². The zero-order valence-electron chi connectivity index (χ0n) is 9.77. The third kappa shape index (κ3) is 5.37. The van der Waals surface area contributed by atoms with Crippen molar-refractivity contribution in [1.29, 1.82) is 0 Å². The second-order valence-corrected chi connectivity index (χ2v) is 3.85. The molecule has 0 saturated carbocycles. The van der Waals surface area contributed by atoms with Crippen LogP contribution in [0.1, 0.15) is 20.3 Å². The van der Waals surface area contributed by atoms with E-state index in [0.29, 0.717) is 6.54 Å². The molecule has 2 N–H and O–H groups in total. The Morgan fingerprint density at radius 3 is 2.44 bits per heavy atom. The van der Waals surface area contributed by atoms with Gasteiger partial charge in [-0.2, -0.15) is 12.6 Å². The van der Waals surface area contributed by atoms with Gasteiger partial charge in [0, 0.05) is 25.8 Å². The molecule has 94 valence electrons. The second-order valence-electron chi connectivity index (χ2n) is 3.48. The molecule has 16 heavy (non-hydrogen) atoms. The molecule has 1 atom stereocenters. The van der Waals surface area contributed by atoms with Gasteiger partial charge in [0.25, 0.3) is 0 Å². The van der Waals surface area contributed by atoms with Crippen LogP contribution in [-0.4, -0.2) is 53.3 Å². The molecule has 5 nitrogen and oxygen atoms in total. The number of thiol groups is 1. The number of aliphatic hydroxyl groups excluding tert-OH is 1. The molecular formula is C10H20N2O3S. The van der Waals surface area contributed by atoms with Crippen molar-refractivity contribution in [2.45, 2.75) is 26.3 Å². The molecule has 0 fully saturated rings. The van der Waals surface area contributed by atoms with Crippen LogP contribution in [-0.2, 0) is 9.59 Å². The van der Waals surface area contributed by atoms with Crippen LogP contribution >= 0.6 is 12.6 Å². The van der Waals surface area contributed by atoms with Crippen molar-refractivity contribution in [2.24, 2.45) is 0 Å². The molecule has 0 aliphatic heterocycles. The topological polar surface area (TPSA) is 69.6 Å². The van der Waals surface area contributed by atoms with Gasteiger partial charge >= 0.3 is 0 Å². The normalized spacial score (nSPS) is 12.0. The highest BCUT2D eigenvalue weighted by Crippen LogP contribution is 1.99. The Morgan fingerprint density at radius 1 is 1.44 bits per heavy atom. The lowest BCUT2D eigenvalue weighted by Gasteiger charge is -2.26. The van der Waals surface area contributed by atoms with E-state index < -0.39 is 6.04 Å². The van der Waals surface area contributed by atoms with E-state index in [4.69, 9.17) is 5.11 Å². The number of hydrogen-bond acceptors (Lipinski definition) is 4. The van der Waals surface area contributed by atoms with Gasteiger partial charge in [-0.25, -0.2) is 0 Å². The van der Waals surface area contributed by atoms with Crippen molar-refractivity contribution in [3.8, 4) is 0 Å². The molecule has 0 rings (SSSR count). The quantitative estimate of drug-likeness (QED) is 0.540. The summed E-state index contributed by atoms with van der Waals surface area (Å²) in [6.45, 7) is 4.09. The van der Waals surface area contributed by atoms with Crippen LogP contribution in [0.25, 0.3) is 0 Å². The van der Waals surface area contributed by atoms with Crippen LogP contribution in [0.15, 0.2) is 0 Å². The Bertz CT molecular complexity index is 230. The van der Waals surface area contributed by atoms with E-state index in [1.165, 1.54) is 11.8 Å². The smallest absolute Gasteiger partial charge is 0.246 e. The van der Waals surface area contributed by atoms with Crippen LogP contribution in [0.3, 0.4) is 0 Å². The first-order valence-corrected chi connectivity index (χ1v) is 5.97. The highest BCUT2D eigenvalue weighted by molar-refractivity contribution is 7.80. The number of nitrogens with one attached hydrogen (secondary N) is 1. The molecular weight excluding hydrogens is 228 g/mol. The van der Waals surface area contributed by atoms with Crippen LogP contribution in [0.2, 0.25) is 0 Å². The number of hydrogen-bond donors (Lipinski definition) is 3. The summed E-state index contributed by atoms with van der Waals surface area (Å²) in [6, 6.07) is -0.612. The Labute approximate surface area is 102 Å². The lowest BCUT2D eigenvalue weighted by molar-refractivity contribution is -0.135. The minimum atomic E-state index is -0.612. The van der Waals surface area contributed by atoms with Crippen LogP contribution in [0, 0.1) is 0 Å². The van der Waals surface area contributed by atoms with Gasteiger partial charge in [-0.05, 0) is 6.42 Å². The van der Waals surface area contributed by atoms with Crippen molar-refractivity contribution >= 4 is 24.4 Å². The first-order chi connectivity index (χ1) is 7.56. The molecule has 0 aliphatic carbocycles. The summed E-state index contributed by atoms with van der Waals surface area (Å²) in [6.07, 6.45) is 0.811. The molecule has 0 saturated heterocycles. The third-order valence-corrected chi connectivity index (χ3v) is 2.40. The van der Waals surface area contributed by atoms with Gasteiger partial charge in [-0.3, -0.25) is 9.59 Å². The second kappa shape index (κ2) is 8.41. The molecule has 6 heteroatoms. The van der Waals surface area contributed by atoms with E-state index in [1.807, 2.05) is 6.92 Å². The third-order valence-electron chi connectivity index (χ3n) is 2.03. The highest BCUT2D eigenvalue weighted by atomic mass is 32.1. The minimum Gasteiger partial charge on any atom is -0.395 e. The fraction of sp³-hybridized carbons (Fsp3) is 0.800. The minimum absolute atomic E-state index is 0.0783. The molecule has 0 aromatic rings. The maximum absolute atomic E-state index is 11.9. The molecule has 0 radical (unpaired) electrons. The summed E-state index contributed by atoms with van der Waals surface area (Å²) < 4.78 is 0. The number of aliphatic hydroxyl groups is 1. The van der Waals surface area contributed by atoms with Gasteiger partial charge < -0.3 is 15.3 Å². The largest absolute Gasteiger partial charge is 0.395 e. The van der Waals surface area contributed by atoms with Gasteiger partial charge in [-0.1, -0.05) is 6.92 Å². The van der Waals surface area contributed by atoms with Crippen molar-refractivity contribution in [1.82, 2.24) is 10.2 Å². The molecule has 0 heterocycles. The fourth-order valence-corrected chi connectivity index (χ4v) is 1.62. The first-order valence-electron chi connectivity index (χ1n) is 5.34. The van der Waals surface area contributed by atoms with Crippen molar-refractivity contribution < 1.29 is 14.7 Å². The van der Waals surface area contributed by atoms with Gasteiger partial charge in [0.1, 0.15) is 6.04 Å². The Hall–Kier alpha value is -0.750. The van der Waals surface area contributed by atoms with Crippen LogP contribution in [0.5, 0.6) is 0 Å². The first kappa shape index (κ1) is 15.2. The zero-order valence-corrected chi connectivity index (χ0v) is 10.7. The summed E-state index contributed by atoms with van der Waals surface area (Å²) in [7, 11) is 0. The Balaban J connectivity index is 4.47.